The third-order valence-electron chi connectivity index (χ3n) is 5.45. The molecule has 0 aromatic rings. The highest BCUT2D eigenvalue weighted by Gasteiger charge is 2.31. The van der Waals surface area contributed by atoms with E-state index in [4.69, 9.17) is 0 Å². The largest absolute Gasteiger partial charge is 0.311 e. The van der Waals surface area contributed by atoms with Crippen LogP contribution in [-0.4, -0.2) is 36.6 Å². The topological polar surface area (TPSA) is 15.3 Å². The highest BCUT2D eigenvalue weighted by Crippen LogP contribution is 2.29. The second kappa shape index (κ2) is 9.04. The van der Waals surface area contributed by atoms with Crippen LogP contribution in [0, 0.1) is 5.92 Å². The molecule has 1 heterocycles. The van der Waals surface area contributed by atoms with Crippen molar-refractivity contribution in [2.24, 2.45) is 5.92 Å². The fraction of sp³-hybridized carbons (Fsp3) is 1.00. The molecule has 0 aromatic carbocycles. The average Bonchev–Trinajstić information content (AvgIpc) is 2.50. The Morgan fingerprint density at radius 2 is 1.80 bits per heavy atom. The highest BCUT2D eigenvalue weighted by atomic mass is 15.2. The zero-order valence-corrected chi connectivity index (χ0v) is 13.9. The van der Waals surface area contributed by atoms with Crippen LogP contribution in [-0.2, 0) is 0 Å². The highest BCUT2D eigenvalue weighted by molar-refractivity contribution is 4.90. The summed E-state index contributed by atoms with van der Waals surface area (Å²) < 4.78 is 0. The van der Waals surface area contributed by atoms with Gasteiger partial charge >= 0.3 is 0 Å². The third-order valence-corrected chi connectivity index (χ3v) is 5.45. The minimum absolute atomic E-state index is 0.782. The second-order valence-corrected chi connectivity index (χ2v) is 7.06. The first kappa shape index (κ1) is 16.3. The molecule has 2 heteroatoms. The van der Waals surface area contributed by atoms with E-state index in [1.54, 1.807) is 0 Å². The molecule has 1 N–H and O–H groups in total. The van der Waals surface area contributed by atoms with Crippen molar-refractivity contribution in [1.82, 2.24) is 10.2 Å². The summed E-state index contributed by atoms with van der Waals surface area (Å²) >= 11 is 0. The summed E-state index contributed by atoms with van der Waals surface area (Å²) in [6, 6.07) is 1.58. The molecule has 1 aliphatic carbocycles. The molecule has 0 radical (unpaired) electrons. The van der Waals surface area contributed by atoms with E-state index >= 15 is 0 Å². The Bertz CT molecular complexity index is 248. The second-order valence-electron chi connectivity index (χ2n) is 7.06. The predicted molar refractivity (Wildman–Crippen MR) is 88.2 cm³/mol. The van der Waals surface area contributed by atoms with Gasteiger partial charge in [0.15, 0.2) is 0 Å². The first-order valence-corrected chi connectivity index (χ1v) is 9.32. The van der Waals surface area contributed by atoms with E-state index < -0.39 is 0 Å². The Morgan fingerprint density at radius 3 is 2.50 bits per heavy atom. The smallest absolute Gasteiger partial charge is 0.0224 e. The summed E-state index contributed by atoms with van der Waals surface area (Å²) in [6.07, 6.45) is 14.2. The molecule has 20 heavy (non-hydrogen) atoms. The Kier molecular flexibility index (Phi) is 7.37. The molecule has 2 aliphatic rings. The van der Waals surface area contributed by atoms with E-state index in [2.05, 4.69) is 24.1 Å². The number of hydrogen-bond donors (Lipinski definition) is 1. The molecule has 2 fully saturated rings. The van der Waals surface area contributed by atoms with E-state index in [0.29, 0.717) is 0 Å². The van der Waals surface area contributed by atoms with Gasteiger partial charge < -0.3 is 5.32 Å². The number of rotatable bonds is 7. The van der Waals surface area contributed by atoms with Crippen molar-refractivity contribution in [2.45, 2.75) is 90.1 Å². The molecule has 2 unspecified atom stereocenters. The maximum atomic E-state index is 3.90. The first-order valence-electron chi connectivity index (χ1n) is 9.32. The Labute approximate surface area is 126 Å². The zero-order valence-electron chi connectivity index (χ0n) is 13.9. The van der Waals surface area contributed by atoms with Gasteiger partial charge in [0.1, 0.15) is 0 Å². The fourth-order valence-corrected chi connectivity index (χ4v) is 4.19. The van der Waals surface area contributed by atoms with E-state index in [9.17, 15) is 0 Å². The van der Waals surface area contributed by atoms with Crippen LogP contribution in [0.5, 0.6) is 0 Å². The van der Waals surface area contributed by atoms with Gasteiger partial charge in [-0.3, -0.25) is 4.90 Å². The first-order chi connectivity index (χ1) is 9.85. The SMILES string of the molecule is CCCCCN1CC(C2CCCCC2)NCC1CCC. The van der Waals surface area contributed by atoms with Crippen molar-refractivity contribution in [1.29, 1.82) is 0 Å². The fourth-order valence-electron chi connectivity index (χ4n) is 4.19. The summed E-state index contributed by atoms with van der Waals surface area (Å²) in [4.78, 5) is 2.83. The Morgan fingerprint density at radius 1 is 1.00 bits per heavy atom. The molecule has 0 spiro atoms. The van der Waals surface area contributed by atoms with Gasteiger partial charge in [0.05, 0.1) is 0 Å². The van der Waals surface area contributed by atoms with Gasteiger partial charge in [-0.05, 0) is 38.1 Å². The Hall–Kier alpha value is -0.0800. The van der Waals surface area contributed by atoms with Crippen LogP contribution < -0.4 is 5.32 Å². The van der Waals surface area contributed by atoms with Gasteiger partial charge in [-0.25, -0.2) is 0 Å². The molecule has 118 valence electrons. The lowest BCUT2D eigenvalue weighted by molar-refractivity contribution is 0.0891. The third kappa shape index (κ3) is 4.73. The average molecular weight is 280 g/mol. The van der Waals surface area contributed by atoms with Crippen LogP contribution >= 0.6 is 0 Å². The van der Waals surface area contributed by atoms with Crippen molar-refractivity contribution in [2.75, 3.05) is 19.6 Å². The maximum Gasteiger partial charge on any atom is 0.0224 e. The normalized spacial score (nSPS) is 29.7. The monoisotopic (exact) mass is 280 g/mol. The van der Waals surface area contributed by atoms with Gasteiger partial charge in [-0.15, -0.1) is 0 Å². The number of piperazine rings is 1. The molecule has 0 amide bonds. The molecule has 2 nitrogen and oxygen atoms in total. The van der Waals surface area contributed by atoms with E-state index in [-0.39, 0.29) is 0 Å². The number of hydrogen-bond acceptors (Lipinski definition) is 2. The molecular formula is C18H36N2. The Balaban J connectivity index is 1.84. The van der Waals surface area contributed by atoms with E-state index in [0.717, 1.165) is 18.0 Å². The van der Waals surface area contributed by atoms with Crippen LogP contribution in [0.25, 0.3) is 0 Å². The maximum absolute atomic E-state index is 3.90. The zero-order chi connectivity index (χ0) is 14.2. The van der Waals surface area contributed by atoms with Crippen LogP contribution in [0.2, 0.25) is 0 Å². The molecule has 2 rings (SSSR count). The standard InChI is InChI=1S/C18H36N2/c1-3-5-9-13-20-15-18(16-11-7-6-8-12-16)19-14-17(20)10-4-2/h16-19H,3-15H2,1-2H3. The van der Waals surface area contributed by atoms with Crippen LogP contribution in [0.1, 0.15) is 78.1 Å². The predicted octanol–water partition coefficient (Wildman–Crippen LogP) is 4.20. The van der Waals surface area contributed by atoms with Crippen molar-refractivity contribution >= 4 is 0 Å². The van der Waals surface area contributed by atoms with Gasteiger partial charge in [-0.1, -0.05) is 52.4 Å². The summed E-state index contributed by atoms with van der Waals surface area (Å²) in [6.45, 7) is 8.53. The van der Waals surface area contributed by atoms with Gasteiger partial charge in [-0.2, -0.15) is 0 Å². The van der Waals surface area contributed by atoms with Crippen molar-refractivity contribution in [3.8, 4) is 0 Å². The van der Waals surface area contributed by atoms with Gasteiger partial charge in [0, 0.05) is 25.2 Å². The summed E-state index contributed by atoms with van der Waals surface area (Å²) in [5.41, 5.74) is 0. The lowest BCUT2D eigenvalue weighted by Crippen LogP contribution is -2.59. The lowest BCUT2D eigenvalue weighted by atomic mass is 9.82. The van der Waals surface area contributed by atoms with Gasteiger partial charge in [0.2, 0.25) is 0 Å². The van der Waals surface area contributed by atoms with Crippen LogP contribution in [0.4, 0.5) is 0 Å². The molecular weight excluding hydrogens is 244 g/mol. The molecule has 0 bridgehead atoms. The van der Waals surface area contributed by atoms with Gasteiger partial charge in [0.25, 0.3) is 0 Å². The lowest BCUT2D eigenvalue weighted by Gasteiger charge is -2.44. The quantitative estimate of drug-likeness (QED) is 0.703. The van der Waals surface area contributed by atoms with Crippen LogP contribution in [0.15, 0.2) is 0 Å². The van der Waals surface area contributed by atoms with E-state index in [1.807, 2.05) is 0 Å². The summed E-state index contributed by atoms with van der Waals surface area (Å²) in [5, 5.41) is 3.90. The number of nitrogens with one attached hydrogen (secondary N) is 1. The molecule has 1 saturated carbocycles. The molecule has 0 aromatic heterocycles. The summed E-state index contributed by atoms with van der Waals surface area (Å²) in [5.74, 6) is 0.958. The van der Waals surface area contributed by atoms with E-state index in [1.165, 1.54) is 83.8 Å². The minimum Gasteiger partial charge on any atom is -0.311 e. The number of unbranched alkanes of at least 4 members (excludes halogenated alkanes) is 2. The minimum atomic E-state index is 0.782. The molecule has 2 atom stereocenters. The van der Waals surface area contributed by atoms with Crippen molar-refractivity contribution < 1.29 is 0 Å². The molecule has 1 aliphatic heterocycles. The van der Waals surface area contributed by atoms with Crippen molar-refractivity contribution in [3.05, 3.63) is 0 Å². The number of nitrogens with zero attached hydrogens (tertiary/aromatic N) is 1. The summed E-state index contributed by atoms with van der Waals surface area (Å²) in [7, 11) is 0. The van der Waals surface area contributed by atoms with Crippen LogP contribution in [0.3, 0.4) is 0 Å². The molecule has 1 saturated heterocycles. The van der Waals surface area contributed by atoms with Crippen molar-refractivity contribution in [3.63, 3.8) is 0 Å².